The van der Waals surface area contributed by atoms with E-state index in [1.165, 1.54) is 115 Å². The predicted molar refractivity (Wildman–Crippen MR) is 423 cm³/mol. The summed E-state index contributed by atoms with van der Waals surface area (Å²) in [6, 6.07) is 26.1. The van der Waals surface area contributed by atoms with Crippen LogP contribution in [0.5, 0.6) is 0 Å². The Bertz CT molecular complexity index is 5860. The molecule has 4 saturated heterocycles. The monoisotopic (exact) mass is 1690 g/mol. The standard InChI is InChI=1S/2C22H20F3N3O3.C22H20F3N3O2.C21H16F3N3O3/c2*23-12-3-1-11(2-4-12)20-15(16-7-13(24)8-17(25)21(16)28-20)5-6-19(30)27-18-9-14(10-29)26-22(18)31;1-11-8-18(22(30)26-11)27-19(29)7-6-15-16-9-14(24)10-17(25)21(16)28-20(15)12-2-4-13(23)5-3-12;22-11-3-1-10(2-4-11)19-13(14-7-12(23)8-15(24)20(14)27-19)5-6-17(28)25-16-9-18(29)26-21(16)30/h2*1-4,7-8,14,18,28-29H,5-6,9-10H2,(H,26,31)(H,27,30);2-5,9-11,18,28H,6-8H2,1H3,(H,26,30)(H,27,29);1-4,7-8,16,27H,5-6,9H2,(H,25,28)(H,26,29,30)/t14-,18+;14-,18-;11?,18-;16-/m1000/s1. The van der Waals surface area contributed by atoms with Gasteiger partial charge in [-0.3, -0.25) is 48.5 Å². The molecule has 4 fully saturated rings. The van der Waals surface area contributed by atoms with Gasteiger partial charge in [-0.1, -0.05) is 0 Å². The van der Waals surface area contributed by atoms with E-state index in [-0.39, 0.29) is 141 Å². The summed E-state index contributed by atoms with van der Waals surface area (Å²) in [5.41, 5.74) is 6.57. The summed E-state index contributed by atoms with van der Waals surface area (Å²) in [6.07, 6.45) is 1.38. The number of hydrogen-bond acceptors (Lipinski definition) is 11. The van der Waals surface area contributed by atoms with E-state index in [4.69, 9.17) is 10.2 Å². The van der Waals surface area contributed by atoms with E-state index in [1.807, 2.05) is 6.92 Å². The highest BCUT2D eigenvalue weighted by atomic mass is 19.2. The molecule has 35 heteroatoms. The molecule has 4 aliphatic rings. The van der Waals surface area contributed by atoms with E-state index in [2.05, 4.69) is 62.5 Å². The number of rotatable bonds is 22. The molecule has 0 bridgehead atoms. The van der Waals surface area contributed by atoms with Gasteiger partial charge in [-0.25, -0.2) is 52.7 Å². The van der Waals surface area contributed by atoms with E-state index in [0.29, 0.717) is 89.9 Å². The van der Waals surface area contributed by atoms with Crippen LogP contribution in [0.1, 0.15) is 80.5 Å². The molecule has 4 aliphatic heterocycles. The number of aromatic nitrogens is 4. The third-order valence-electron chi connectivity index (χ3n) is 21.1. The summed E-state index contributed by atoms with van der Waals surface area (Å²) in [4.78, 5) is 120. The summed E-state index contributed by atoms with van der Waals surface area (Å²) >= 11 is 0. The van der Waals surface area contributed by atoms with Gasteiger partial charge >= 0.3 is 0 Å². The zero-order valence-electron chi connectivity index (χ0n) is 64.4. The van der Waals surface area contributed by atoms with Crippen molar-refractivity contribution in [1.29, 1.82) is 0 Å². The molecule has 1 unspecified atom stereocenters. The molecule has 0 spiro atoms. The number of halogens is 12. The van der Waals surface area contributed by atoms with Gasteiger partial charge in [-0.15, -0.1) is 0 Å². The first-order valence-corrected chi connectivity index (χ1v) is 38.5. The number of aromatic amines is 4. The highest BCUT2D eigenvalue weighted by Gasteiger charge is 2.36. The number of aliphatic hydroxyl groups is 2. The zero-order chi connectivity index (χ0) is 87.1. The normalized spacial score (nSPS) is 17.9. The van der Waals surface area contributed by atoms with Gasteiger partial charge in [0.15, 0.2) is 0 Å². The minimum atomic E-state index is -0.931. The molecular weight excluding hydrogens is 1620 g/mol. The van der Waals surface area contributed by atoms with Crippen LogP contribution in [0.4, 0.5) is 52.7 Å². The topological polar surface area (TPSA) is 353 Å². The van der Waals surface area contributed by atoms with Crippen molar-refractivity contribution in [3.63, 3.8) is 0 Å². The van der Waals surface area contributed by atoms with Gasteiger partial charge < -0.3 is 67.4 Å². The molecule has 8 aromatic carbocycles. The average Bonchev–Trinajstić information content (AvgIpc) is 1.63. The van der Waals surface area contributed by atoms with E-state index in [0.717, 1.165) is 30.3 Å². The highest BCUT2D eigenvalue weighted by Crippen LogP contribution is 2.39. The fourth-order valence-electron chi connectivity index (χ4n) is 15.3. The first kappa shape index (κ1) is 86.3. The summed E-state index contributed by atoms with van der Waals surface area (Å²) in [7, 11) is 0. The SMILES string of the molecule is CC1C[C@H](NC(=O)CCc2c(-c3ccc(F)cc3)[nH]c3c(F)cc(F)cc23)C(=O)N1.O=C(CCc1c(-c2ccc(F)cc2)[nH]c2c(F)cc(F)cc12)N[C@H]1C[C@@H](CO)NC1=O.O=C(CCc1c(-c2ccc(F)cc2)[nH]c2c(F)cc(F)cc12)N[C@H]1C[C@H](CO)NC1=O.O=C1C[C@H](NC(=O)CCc2c(-c3ccc(F)cc3)[nH]c3c(F)cc(F)cc23)C(=O)N1. The molecule has 16 rings (SSSR count). The van der Waals surface area contributed by atoms with Crippen molar-refractivity contribution in [2.75, 3.05) is 13.2 Å². The predicted octanol–water partition coefficient (Wildman–Crippen LogP) is 11.4. The molecule has 8 heterocycles. The van der Waals surface area contributed by atoms with Crippen LogP contribution in [0, 0.1) is 69.8 Å². The third kappa shape index (κ3) is 20.1. The largest absolute Gasteiger partial charge is 0.394 e. The van der Waals surface area contributed by atoms with Gasteiger partial charge in [0.1, 0.15) is 94.0 Å². The smallest absolute Gasteiger partial charge is 0.249 e. The quantitative estimate of drug-likeness (QED) is 0.0223. The van der Waals surface area contributed by atoms with Crippen LogP contribution >= 0.6 is 0 Å². The van der Waals surface area contributed by atoms with Crippen molar-refractivity contribution < 1.29 is 106 Å². The van der Waals surface area contributed by atoms with Gasteiger partial charge in [0.05, 0.1) is 53.8 Å². The van der Waals surface area contributed by atoms with Crippen molar-refractivity contribution in [2.24, 2.45) is 0 Å². The molecule has 0 radical (unpaired) electrons. The Balaban J connectivity index is 0.000000140. The van der Waals surface area contributed by atoms with Crippen molar-refractivity contribution in [2.45, 2.75) is 126 Å². The van der Waals surface area contributed by atoms with Crippen LogP contribution in [0.2, 0.25) is 0 Å². The molecule has 14 N–H and O–H groups in total. The first-order chi connectivity index (χ1) is 58.3. The molecular formula is C87H76F12N12O11. The highest BCUT2D eigenvalue weighted by molar-refractivity contribution is 6.07. The van der Waals surface area contributed by atoms with Gasteiger partial charge in [0.2, 0.25) is 53.2 Å². The van der Waals surface area contributed by atoms with E-state index >= 15 is 0 Å². The second kappa shape index (κ2) is 37.4. The third-order valence-corrected chi connectivity index (χ3v) is 21.1. The lowest BCUT2D eigenvalue weighted by Gasteiger charge is -2.11. The molecule has 0 aliphatic carbocycles. The minimum absolute atomic E-state index is 0.00699. The number of imide groups is 1. The van der Waals surface area contributed by atoms with Crippen molar-refractivity contribution in [3.05, 3.63) is 238 Å². The minimum Gasteiger partial charge on any atom is -0.394 e. The number of hydrogen-bond donors (Lipinski definition) is 14. The second-order valence-corrected chi connectivity index (χ2v) is 29.7. The molecule has 634 valence electrons. The van der Waals surface area contributed by atoms with E-state index in [1.54, 1.807) is 0 Å². The molecule has 7 atom stereocenters. The molecule has 0 saturated carbocycles. The number of benzene rings is 8. The molecule has 9 amide bonds. The maximum atomic E-state index is 14.3. The Hall–Kier alpha value is -13.6. The van der Waals surface area contributed by atoms with Gasteiger partial charge in [0, 0.05) is 100 Å². The van der Waals surface area contributed by atoms with Gasteiger partial charge in [0.25, 0.3) is 0 Å². The molecule has 122 heavy (non-hydrogen) atoms. The Morgan fingerprint density at radius 3 is 0.820 bits per heavy atom. The maximum Gasteiger partial charge on any atom is 0.249 e. The van der Waals surface area contributed by atoms with Crippen LogP contribution in [-0.2, 0) is 68.8 Å². The lowest BCUT2D eigenvalue weighted by Crippen LogP contribution is -2.40. The number of aryl methyl sites for hydroxylation is 4. The Labute approximate surface area is 684 Å². The van der Waals surface area contributed by atoms with Gasteiger partial charge in [-0.2, -0.15) is 0 Å². The first-order valence-electron chi connectivity index (χ1n) is 38.5. The fraction of sp³-hybridized carbons (Fsp3) is 0.253. The second-order valence-electron chi connectivity index (χ2n) is 29.7. The van der Waals surface area contributed by atoms with Crippen LogP contribution < -0.4 is 42.5 Å². The van der Waals surface area contributed by atoms with Crippen LogP contribution in [-0.4, -0.2) is 139 Å². The van der Waals surface area contributed by atoms with Gasteiger partial charge in [-0.05, 0) is 218 Å². The van der Waals surface area contributed by atoms with Crippen LogP contribution in [0.3, 0.4) is 0 Å². The fourth-order valence-corrected chi connectivity index (χ4v) is 15.3. The summed E-state index contributed by atoms with van der Waals surface area (Å²) in [5.74, 6) is -11.4. The maximum absolute atomic E-state index is 14.3. The molecule has 4 aromatic heterocycles. The Morgan fingerprint density at radius 2 is 0.590 bits per heavy atom. The van der Waals surface area contributed by atoms with Crippen molar-refractivity contribution >= 4 is 96.8 Å². The summed E-state index contributed by atoms with van der Waals surface area (Å²) < 4.78 is 166. The molecule has 23 nitrogen and oxygen atoms in total. The average molecular weight is 1690 g/mol. The Kier molecular flexibility index (Phi) is 26.4. The van der Waals surface area contributed by atoms with E-state index < -0.39 is 136 Å². The number of carbonyl (C=O) groups excluding carboxylic acids is 9. The summed E-state index contributed by atoms with van der Waals surface area (Å²) in [6.45, 7) is 1.42. The molecule has 12 aromatic rings. The number of nitrogens with one attached hydrogen (secondary N) is 12. The number of aliphatic hydroxyl groups excluding tert-OH is 2. The summed E-state index contributed by atoms with van der Waals surface area (Å²) in [5, 5.41) is 39.9. The van der Waals surface area contributed by atoms with Crippen LogP contribution in [0.25, 0.3) is 88.6 Å². The Morgan fingerprint density at radius 1 is 0.336 bits per heavy atom. The van der Waals surface area contributed by atoms with Crippen molar-refractivity contribution in [1.82, 2.24) is 62.5 Å². The lowest BCUT2D eigenvalue weighted by molar-refractivity contribution is -0.128. The van der Waals surface area contributed by atoms with E-state index in [9.17, 15) is 95.8 Å². The van der Waals surface area contributed by atoms with Crippen molar-refractivity contribution in [3.8, 4) is 45.0 Å². The number of amides is 9. The zero-order valence-corrected chi connectivity index (χ0v) is 64.4. The number of fused-ring (bicyclic) bond motifs is 4. The van der Waals surface area contributed by atoms with Crippen LogP contribution in [0.15, 0.2) is 146 Å². The number of H-pyrrole nitrogens is 4. The lowest BCUT2D eigenvalue weighted by atomic mass is 10.0. The number of carbonyl (C=O) groups is 9.